The first-order chi connectivity index (χ1) is 7.08. The highest BCUT2D eigenvalue weighted by molar-refractivity contribution is 5.60. The number of rotatable bonds is 1. The summed E-state index contributed by atoms with van der Waals surface area (Å²) in [5.41, 5.74) is 0.483. The van der Waals surface area contributed by atoms with Crippen LogP contribution in [0.25, 0.3) is 11.3 Å². The molecule has 0 radical (unpaired) electrons. The minimum Gasteiger partial charge on any atom is -0.282 e. The summed E-state index contributed by atoms with van der Waals surface area (Å²) in [5, 5.41) is 6.27. The highest BCUT2D eigenvalue weighted by Gasteiger charge is 2.15. The second kappa shape index (κ2) is 3.42. The van der Waals surface area contributed by atoms with Crippen LogP contribution in [0.2, 0.25) is 0 Å². The van der Waals surface area contributed by atoms with E-state index in [1.807, 2.05) is 0 Å². The molecule has 5 heteroatoms. The first-order valence-corrected chi connectivity index (χ1v) is 4.25. The van der Waals surface area contributed by atoms with E-state index in [-0.39, 0.29) is 11.3 Å². The highest BCUT2D eigenvalue weighted by Crippen LogP contribution is 2.25. The second-order valence-corrected chi connectivity index (χ2v) is 3.18. The molecule has 0 saturated heterocycles. The van der Waals surface area contributed by atoms with Crippen LogP contribution in [-0.2, 0) is 0 Å². The van der Waals surface area contributed by atoms with Gasteiger partial charge in [0.1, 0.15) is 17.5 Å². The minimum atomic E-state index is -0.959. The molecule has 1 heterocycles. The molecule has 0 aliphatic heterocycles. The predicted octanol–water partition coefficient (Wildman–Crippen LogP) is 2.80. The van der Waals surface area contributed by atoms with Crippen molar-refractivity contribution in [2.24, 2.45) is 0 Å². The Balaban J connectivity index is 2.62. The fourth-order valence-electron chi connectivity index (χ4n) is 1.33. The lowest BCUT2D eigenvalue weighted by Gasteiger charge is -2.01. The van der Waals surface area contributed by atoms with Gasteiger partial charge in [-0.05, 0) is 13.0 Å². The van der Waals surface area contributed by atoms with Crippen molar-refractivity contribution in [2.75, 3.05) is 0 Å². The Morgan fingerprint density at radius 2 is 1.67 bits per heavy atom. The Labute approximate surface area is 83.7 Å². The Hall–Kier alpha value is -1.78. The van der Waals surface area contributed by atoms with Gasteiger partial charge in [-0.2, -0.15) is 5.10 Å². The zero-order valence-corrected chi connectivity index (χ0v) is 7.81. The molecule has 2 nitrogen and oxygen atoms in total. The summed E-state index contributed by atoms with van der Waals surface area (Å²) in [6, 6.07) is 2.74. The molecule has 0 saturated carbocycles. The smallest absolute Gasteiger partial charge is 0.138 e. The van der Waals surface area contributed by atoms with Gasteiger partial charge in [0.15, 0.2) is 0 Å². The first kappa shape index (κ1) is 9.76. The Kier molecular flexibility index (Phi) is 2.22. The van der Waals surface area contributed by atoms with Gasteiger partial charge in [-0.1, -0.05) is 0 Å². The van der Waals surface area contributed by atoms with E-state index in [9.17, 15) is 13.2 Å². The number of nitrogens with one attached hydrogen (secondary N) is 1. The third kappa shape index (κ3) is 1.72. The van der Waals surface area contributed by atoms with Crippen molar-refractivity contribution in [3.8, 4) is 11.3 Å². The van der Waals surface area contributed by atoms with E-state index >= 15 is 0 Å². The van der Waals surface area contributed by atoms with Crippen molar-refractivity contribution in [2.45, 2.75) is 6.92 Å². The molecule has 1 aromatic heterocycles. The van der Waals surface area contributed by atoms with Gasteiger partial charge >= 0.3 is 0 Å². The SMILES string of the molecule is Cc1cc(-c2c(F)cc(F)cc2F)n[nH]1. The second-order valence-electron chi connectivity index (χ2n) is 3.18. The third-order valence-electron chi connectivity index (χ3n) is 1.97. The summed E-state index contributed by atoms with van der Waals surface area (Å²) < 4.78 is 39.2. The number of hydrogen-bond donors (Lipinski definition) is 1. The van der Waals surface area contributed by atoms with Crippen LogP contribution in [0.5, 0.6) is 0 Å². The van der Waals surface area contributed by atoms with Crippen LogP contribution in [0.1, 0.15) is 5.69 Å². The lowest BCUT2D eigenvalue weighted by Crippen LogP contribution is -1.92. The quantitative estimate of drug-likeness (QED) is 0.773. The third-order valence-corrected chi connectivity index (χ3v) is 1.97. The molecule has 0 aliphatic carbocycles. The molecule has 78 valence electrons. The van der Waals surface area contributed by atoms with E-state index in [0.29, 0.717) is 17.8 Å². The first-order valence-electron chi connectivity index (χ1n) is 4.25. The van der Waals surface area contributed by atoms with Gasteiger partial charge in [0.2, 0.25) is 0 Å². The Bertz CT molecular complexity index is 482. The number of hydrogen-bond acceptors (Lipinski definition) is 1. The molecule has 0 amide bonds. The molecule has 2 aromatic rings. The van der Waals surface area contributed by atoms with Crippen LogP contribution < -0.4 is 0 Å². The number of benzene rings is 1. The van der Waals surface area contributed by atoms with Crippen LogP contribution in [0.4, 0.5) is 13.2 Å². The Morgan fingerprint density at radius 1 is 1.07 bits per heavy atom. The fourth-order valence-corrected chi connectivity index (χ4v) is 1.33. The molecule has 0 aliphatic rings. The van der Waals surface area contributed by atoms with E-state index < -0.39 is 17.5 Å². The number of aromatic nitrogens is 2. The number of halogens is 3. The molecule has 0 spiro atoms. The molecule has 15 heavy (non-hydrogen) atoms. The van der Waals surface area contributed by atoms with Crippen LogP contribution >= 0.6 is 0 Å². The fraction of sp³-hybridized carbons (Fsp3) is 0.100. The molecule has 0 bridgehead atoms. The van der Waals surface area contributed by atoms with Gasteiger partial charge in [-0.3, -0.25) is 5.10 Å². The number of aryl methyl sites for hydroxylation is 1. The molecule has 0 atom stereocenters. The molecule has 1 N–H and O–H groups in total. The summed E-state index contributed by atoms with van der Waals surface area (Å²) in [4.78, 5) is 0. The molecule has 0 unspecified atom stereocenters. The van der Waals surface area contributed by atoms with Gasteiger partial charge in [0, 0.05) is 17.8 Å². The van der Waals surface area contributed by atoms with E-state index in [2.05, 4.69) is 10.2 Å². The largest absolute Gasteiger partial charge is 0.282 e. The number of nitrogens with zero attached hydrogens (tertiary/aromatic N) is 1. The van der Waals surface area contributed by atoms with Gasteiger partial charge in [-0.15, -0.1) is 0 Å². The zero-order chi connectivity index (χ0) is 11.0. The van der Waals surface area contributed by atoms with Gasteiger partial charge in [-0.25, -0.2) is 13.2 Å². The molecule has 2 rings (SSSR count). The Morgan fingerprint density at radius 3 is 2.13 bits per heavy atom. The maximum Gasteiger partial charge on any atom is 0.138 e. The predicted molar refractivity (Wildman–Crippen MR) is 48.6 cm³/mol. The number of aromatic amines is 1. The van der Waals surface area contributed by atoms with Crippen LogP contribution in [0.15, 0.2) is 18.2 Å². The van der Waals surface area contributed by atoms with Crippen LogP contribution in [-0.4, -0.2) is 10.2 Å². The van der Waals surface area contributed by atoms with Crippen molar-refractivity contribution >= 4 is 0 Å². The average molecular weight is 212 g/mol. The molecular weight excluding hydrogens is 205 g/mol. The number of H-pyrrole nitrogens is 1. The lowest BCUT2D eigenvalue weighted by atomic mass is 10.1. The lowest BCUT2D eigenvalue weighted by molar-refractivity contribution is 0.547. The standard InChI is InChI=1S/C10H7F3N2/c1-5-2-9(15-14-5)10-7(12)3-6(11)4-8(10)13/h2-4H,1H3,(H,14,15). The van der Waals surface area contributed by atoms with E-state index in [1.54, 1.807) is 6.92 Å². The van der Waals surface area contributed by atoms with Gasteiger partial charge in [0.25, 0.3) is 0 Å². The van der Waals surface area contributed by atoms with Crippen molar-refractivity contribution in [1.82, 2.24) is 10.2 Å². The van der Waals surface area contributed by atoms with E-state index in [1.165, 1.54) is 6.07 Å². The van der Waals surface area contributed by atoms with Crippen molar-refractivity contribution in [1.29, 1.82) is 0 Å². The van der Waals surface area contributed by atoms with Crippen molar-refractivity contribution in [3.05, 3.63) is 41.3 Å². The minimum absolute atomic E-state index is 0.127. The van der Waals surface area contributed by atoms with Crippen molar-refractivity contribution in [3.63, 3.8) is 0 Å². The molecule has 0 fully saturated rings. The monoisotopic (exact) mass is 212 g/mol. The topological polar surface area (TPSA) is 28.7 Å². The maximum atomic E-state index is 13.3. The molecule has 1 aromatic carbocycles. The molecular formula is C10H7F3N2. The summed E-state index contributed by atoms with van der Waals surface area (Å²) in [7, 11) is 0. The summed E-state index contributed by atoms with van der Waals surface area (Å²) in [5.74, 6) is -2.86. The summed E-state index contributed by atoms with van der Waals surface area (Å²) in [6.45, 7) is 1.70. The summed E-state index contributed by atoms with van der Waals surface area (Å²) in [6.07, 6.45) is 0. The van der Waals surface area contributed by atoms with Gasteiger partial charge in [0.05, 0.1) is 11.3 Å². The normalized spacial score (nSPS) is 10.7. The van der Waals surface area contributed by atoms with E-state index in [4.69, 9.17) is 0 Å². The average Bonchev–Trinajstić information content (AvgIpc) is 2.49. The maximum absolute atomic E-state index is 13.3. The van der Waals surface area contributed by atoms with Crippen LogP contribution in [0.3, 0.4) is 0 Å². The van der Waals surface area contributed by atoms with Crippen molar-refractivity contribution < 1.29 is 13.2 Å². The van der Waals surface area contributed by atoms with Gasteiger partial charge < -0.3 is 0 Å². The summed E-state index contributed by atoms with van der Waals surface area (Å²) >= 11 is 0. The van der Waals surface area contributed by atoms with Crippen LogP contribution in [0, 0.1) is 24.4 Å². The van der Waals surface area contributed by atoms with E-state index in [0.717, 1.165) is 0 Å². The highest BCUT2D eigenvalue weighted by atomic mass is 19.1. The zero-order valence-electron chi connectivity index (χ0n) is 7.81.